The number of allylic oxidation sites excluding steroid dienone is 4. The van der Waals surface area contributed by atoms with Gasteiger partial charge in [-0.25, -0.2) is 0 Å². The van der Waals surface area contributed by atoms with E-state index in [0.717, 1.165) is 19.3 Å². The molecular formula is C16H28OSn. The molecule has 1 atom stereocenters. The first kappa shape index (κ1) is 16.0. The van der Waals surface area contributed by atoms with E-state index in [0.29, 0.717) is 17.6 Å². The van der Waals surface area contributed by atoms with E-state index in [9.17, 15) is 4.79 Å². The summed E-state index contributed by atoms with van der Waals surface area (Å²) in [5.74, 6) is 1.43. The molecule has 0 aromatic heterocycles. The normalized spacial score (nSPS) is 22.4. The van der Waals surface area contributed by atoms with Crippen LogP contribution in [-0.2, 0) is 4.79 Å². The predicted octanol–water partition coefficient (Wildman–Crippen LogP) is 4.76. The van der Waals surface area contributed by atoms with Gasteiger partial charge in [0.15, 0.2) is 0 Å². The molecule has 1 aliphatic rings. The number of hydrogen-bond acceptors (Lipinski definition) is 1. The summed E-state index contributed by atoms with van der Waals surface area (Å²) < 4.78 is 1.66. The fourth-order valence-electron chi connectivity index (χ4n) is 2.38. The van der Waals surface area contributed by atoms with Crippen molar-refractivity contribution >= 4 is 24.2 Å². The van der Waals surface area contributed by atoms with E-state index in [4.69, 9.17) is 0 Å². The van der Waals surface area contributed by atoms with E-state index in [1.807, 2.05) is 6.08 Å². The Bertz CT molecular complexity index is 369. The second-order valence-electron chi connectivity index (χ2n) is 6.87. The van der Waals surface area contributed by atoms with Crippen molar-refractivity contribution in [3.8, 4) is 0 Å². The Balaban J connectivity index is 2.78. The zero-order valence-electron chi connectivity index (χ0n) is 12.8. The molecule has 1 nitrogen and oxygen atoms in total. The van der Waals surface area contributed by atoms with E-state index in [1.165, 1.54) is 5.57 Å². The van der Waals surface area contributed by atoms with Gasteiger partial charge in [0.1, 0.15) is 0 Å². The van der Waals surface area contributed by atoms with Crippen molar-refractivity contribution in [2.24, 2.45) is 11.8 Å². The van der Waals surface area contributed by atoms with E-state index >= 15 is 0 Å². The van der Waals surface area contributed by atoms with E-state index < -0.39 is 18.4 Å². The predicted molar refractivity (Wildman–Crippen MR) is 82.4 cm³/mol. The Hall–Kier alpha value is -0.0513. The molecule has 0 aromatic rings. The van der Waals surface area contributed by atoms with E-state index in [2.05, 4.69) is 41.7 Å². The van der Waals surface area contributed by atoms with Crippen LogP contribution in [0, 0.1) is 11.8 Å². The van der Waals surface area contributed by atoms with Gasteiger partial charge in [-0.1, -0.05) is 0 Å². The maximum atomic E-state index is 11.5. The van der Waals surface area contributed by atoms with Gasteiger partial charge in [0.25, 0.3) is 0 Å². The van der Waals surface area contributed by atoms with Crippen molar-refractivity contribution in [1.82, 2.24) is 0 Å². The molecule has 0 aliphatic heterocycles. The van der Waals surface area contributed by atoms with E-state index in [1.54, 1.807) is 3.59 Å². The first-order valence-electron chi connectivity index (χ1n) is 7.13. The first-order valence-corrected chi connectivity index (χ1v) is 17.1. The van der Waals surface area contributed by atoms with Gasteiger partial charge in [-0.15, -0.1) is 0 Å². The molecule has 0 saturated carbocycles. The average molecular weight is 355 g/mol. The summed E-state index contributed by atoms with van der Waals surface area (Å²) in [6.45, 7) is 6.72. The molecule has 1 unspecified atom stereocenters. The number of carbonyl (C=O) groups excluding carboxylic acids is 1. The molecular weight excluding hydrogens is 327 g/mol. The molecule has 0 fully saturated rings. The zero-order valence-corrected chi connectivity index (χ0v) is 15.7. The molecule has 18 heavy (non-hydrogen) atoms. The Labute approximate surface area is 117 Å². The third-order valence-electron chi connectivity index (χ3n) is 4.10. The minimum absolute atomic E-state index is 0.325. The summed E-state index contributed by atoms with van der Waals surface area (Å²) in [5, 5.41) is 0. The fraction of sp³-hybridized carbons (Fsp3) is 0.688. The van der Waals surface area contributed by atoms with Crippen LogP contribution in [0.3, 0.4) is 0 Å². The number of rotatable bonds is 4. The van der Waals surface area contributed by atoms with Crippen LogP contribution in [0.2, 0.25) is 14.8 Å². The van der Waals surface area contributed by atoms with Gasteiger partial charge >= 0.3 is 117 Å². The molecule has 0 amide bonds. The van der Waals surface area contributed by atoms with Crippen molar-refractivity contribution in [2.45, 2.75) is 54.9 Å². The number of carbonyl (C=O) groups is 1. The monoisotopic (exact) mass is 356 g/mol. The van der Waals surface area contributed by atoms with Crippen molar-refractivity contribution in [1.29, 1.82) is 0 Å². The second-order valence-corrected chi connectivity index (χ2v) is 22.0. The van der Waals surface area contributed by atoms with Crippen LogP contribution in [0.1, 0.15) is 40.0 Å². The topological polar surface area (TPSA) is 17.1 Å². The van der Waals surface area contributed by atoms with Crippen LogP contribution < -0.4 is 0 Å². The molecule has 1 rings (SSSR count). The molecule has 0 bridgehead atoms. The molecule has 2 heteroatoms. The van der Waals surface area contributed by atoms with Crippen LogP contribution in [0.5, 0.6) is 0 Å². The summed E-state index contributed by atoms with van der Waals surface area (Å²) in [6.07, 6.45) is 7.31. The third kappa shape index (κ3) is 4.56. The average Bonchev–Trinajstić information content (AvgIpc) is 2.25. The van der Waals surface area contributed by atoms with Gasteiger partial charge in [0.05, 0.1) is 0 Å². The Kier molecular flexibility index (Phi) is 5.69. The standard InChI is InChI=1S/C13H19O.3CH3.Sn/c1-4-5-6-11-7-8-12(14)9-13(11)10(2)3;;;;/h5,9-11H,6-8H2,1-3H3;3*1H3;. The van der Waals surface area contributed by atoms with Gasteiger partial charge in [-0.05, 0) is 0 Å². The van der Waals surface area contributed by atoms with Gasteiger partial charge in [-0.3, -0.25) is 0 Å². The maximum absolute atomic E-state index is 11.5. The van der Waals surface area contributed by atoms with Crippen LogP contribution >= 0.6 is 0 Å². The van der Waals surface area contributed by atoms with Crippen LogP contribution in [0.4, 0.5) is 0 Å². The van der Waals surface area contributed by atoms with Crippen molar-refractivity contribution in [3.05, 3.63) is 21.3 Å². The van der Waals surface area contributed by atoms with Crippen LogP contribution in [-0.4, -0.2) is 24.2 Å². The molecule has 0 heterocycles. The Morgan fingerprint density at radius 1 is 1.44 bits per heavy atom. The summed E-state index contributed by atoms with van der Waals surface area (Å²) in [4.78, 5) is 18.9. The van der Waals surface area contributed by atoms with Crippen LogP contribution in [0.25, 0.3) is 0 Å². The van der Waals surface area contributed by atoms with E-state index in [-0.39, 0.29) is 0 Å². The fourth-order valence-corrected chi connectivity index (χ4v) is 4.46. The first-order chi connectivity index (χ1) is 8.21. The summed E-state index contributed by atoms with van der Waals surface area (Å²) in [6, 6.07) is 0. The summed E-state index contributed by atoms with van der Waals surface area (Å²) >= 11 is -1.84. The van der Waals surface area contributed by atoms with Crippen LogP contribution in [0.15, 0.2) is 21.3 Å². The molecule has 0 aromatic carbocycles. The SMILES string of the molecule is C/[C](=C\CC1CCC(=O)C=C1C(C)C)[Sn]([CH3])([CH3])[CH3]. The Morgan fingerprint density at radius 3 is 2.56 bits per heavy atom. The van der Waals surface area contributed by atoms with Crippen molar-refractivity contribution in [3.63, 3.8) is 0 Å². The zero-order chi connectivity index (χ0) is 13.9. The van der Waals surface area contributed by atoms with Crippen molar-refractivity contribution < 1.29 is 4.79 Å². The summed E-state index contributed by atoms with van der Waals surface area (Å²) in [7, 11) is 0. The molecule has 0 saturated heterocycles. The quantitative estimate of drug-likeness (QED) is 0.665. The number of ketones is 1. The third-order valence-corrected chi connectivity index (χ3v) is 11.4. The Morgan fingerprint density at radius 2 is 2.06 bits per heavy atom. The summed E-state index contributed by atoms with van der Waals surface area (Å²) in [5.41, 5.74) is 1.37. The van der Waals surface area contributed by atoms with Crippen molar-refractivity contribution in [2.75, 3.05) is 0 Å². The molecule has 0 N–H and O–H groups in total. The number of hydrogen-bond donors (Lipinski definition) is 0. The second kappa shape index (κ2) is 6.40. The molecule has 1 aliphatic carbocycles. The molecule has 0 spiro atoms. The molecule has 0 radical (unpaired) electrons. The van der Waals surface area contributed by atoms with Gasteiger partial charge in [0, 0.05) is 0 Å². The van der Waals surface area contributed by atoms with Gasteiger partial charge in [0.2, 0.25) is 0 Å². The molecule has 102 valence electrons. The minimum atomic E-state index is -1.84. The van der Waals surface area contributed by atoms with Gasteiger partial charge in [-0.2, -0.15) is 0 Å². The van der Waals surface area contributed by atoms with Gasteiger partial charge < -0.3 is 0 Å².